The SMILES string of the molecule is C=C1CC[C@H](O)C/C1=C\C=C1/CCC[C@@]2(C)C1CC[C@@H]2[C@H](C)CCC(O)C(C)(C)O. The second-order valence-electron chi connectivity index (χ2n) is 11.3. The predicted octanol–water partition coefficient (Wildman–Crippen LogP) is 5.70. The van der Waals surface area contributed by atoms with E-state index in [1.807, 2.05) is 0 Å². The Morgan fingerprint density at radius 3 is 2.60 bits per heavy atom. The van der Waals surface area contributed by atoms with Gasteiger partial charge in [0.1, 0.15) is 0 Å². The summed E-state index contributed by atoms with van der Waals surface area (Å²) in [6.45, 7) is 12.5. The molecule has 3 rings (SSSR count). The van der Waals surface area contributed by atoms with Crippen LogP contribution in [0.1, 0.15) is 91.9 Å². The van der Waals surface area contributed by atoms with Crippen LogP contribution in [0.5, 0.6) is 0 Å². The van der Waals surface area contributed by atoms with E-state index in [1.54, 1.807) is 19.4 Å². The van der Waals surface area contributed by atoms with E-state index in [0.717, 1.165) is 25.7 Å². The summed E-state index contributed by atoms with van der Waals surface area (Å²) >= 11 is 0. The third-order valence-electron chi connectivity index (χ3n) is 8.62. The Morgan fingerprint density at radius 2 is 1.90 bits per heavy atom. The quantitative estimate of drug-likeness (QED) is 0.520. The molecule has 0 bridgehead atoms. The van der Waals surface area contributed by atoms with E-state index in [4.69, 9.17) is 0 Å². The van der Waals surface area contributed by atoms with E-state index >= 15 is 0 Å². The van der Waals surface area contributed by atoms with Gasteiger partial charge in [-0.1, -0.05) is 43.7 Å². The molecule has 3 saturated carbocycles. The zero-order chi connectivity index (χ0) is 22.1. The average molecular weight is 417 g/mol. The van der Waals surface area contributed by atoms with Crippen LogP contribution < -0.4 is 0 Å². The second-order valence-corrected chi connectivity index (χ2v) is 11.3. The molecule has 30 heavy (non-hydrogen) atoms. The molecule has 3 nitrogen and oxygen atoms in total. The van der Waals surface area contributed by atoms with E-state index in [2.05, 4.69) is 32.6 Å². The maximum Gasteiger partial charge on any atom is 0.0849 e. The molecule has 6 atom stereocenters. The van der Waals surface area contributed by atoms with Crippen LogP contribution in [0, 0.1) is 23.2 Å². The van der Waals surface area contributed by atoms with Gasteiger partial charge in [-0.25, -0.2) is 0 Å². The average Bonchev–Trinajstić information content (AvgIpc) is 3.03. The first kappa shape index (κ1) is 23.8. The number of hydrogen-bond acceptors (Lipinski definition) is 3. The molecule has 0 aromatic rings. The monoisotopic (exact) mass is 416 g/mol. The molecule has 0 radical (unpaired) electrons. The molecule has 3 aliphatic carbocycles. The van der Waals surface area contributed by atoms with Crippen molar-refractivity contribution in [3.8, 4) is 0 Å². The standard InChI is InChI=1S/C27H44O3/c1-18-8-12-22(28)17-21(18)11-10-20-7-6-16-27(5)23(13-14-24(20)27)19(2)9-15-25(29)26(3,4)30/h10-11,19,22-25,28-30H,1,6-9,12-17H2,2-5H3/b20-10+,21-11+/t19-,22+,23-,24?,25?,27-/m1/s1. The fourth-order valence-corrected chi connectivity index (χ4v) is 6.58. The van der Waals surface area contributed by atoms with Crippen LogP contribution in [0.2, 0.25) is 0 Å². The van der Waals surface area contributed by atoms with Crippen molar-refractivity contribution >= 4 is 0 Å². The Bertz CT molecular complexity index is 683. The molecule has 3 aliphatic rings. The van der Waals surface area contributed by atoms with E-state index in [0.29, 0.717) is 29.6 Å². The van der Waals surface area contributed by atoms with Gasteiger partial charge in [0, 0.05) is 0 Å². The lowest BCUT2D eigenvalue weighted by Gasteiger charge is -2.44. The molecule has 3 heteroatoms. The van der Waals surface area contributed by atoms with Crippen LogP contribution in [0.4, 0.5) is 0 Å². The largest absolute Gasteiger partial charge is 0.393 e. The van der Waals surface area contributed by atoms with Gasteiger partial charge in [0.2, 0.25) is 0 Å². The fourth-order valence-electron chi connectivity index (χ4n) is 6.58. The molecule has 0 aromatic heterocycles. The number of aliphatic hydroxyl groups excluding tert-OH is 2. The van der Waals surface area contributed by atoms with Crippen LogP contribution in [0.15, 0.2) is 35.5 Å². The van der Waals surface area contributed by atoms with Crippen molar-refractivity contribution in [1.82, 2.24) is 0 Å². The van der Waals surface area contributed by atoms with Crippen molar-refractivity contribution in [2.24, 2.45) is 23.2 Å². The van der Waals surface area contributed by atoms with Gasteiger partial charge in [-0.3, -0.25) is 0 Å². The highest BCUT2D eigenvalue weighted by Crippen LogP contribution is 2.60. The first-order valence-corrected chi connectivity index (χ1v) is 12.2. The topological polar surface area (TPSA) is 60.7 Å². The Morgan fingerprint density at radius 1 is 1.17 bits per heavy atom. The van der Waals surface area contributed by atoms with Crippen molar-refractivity contribution in [2.75, 3.05) is 0 Å². The fraction of sp³-hybridized carbons (Fsp3) is 0.778. The Labute approximate surface area is 184 Å². The third-order valence-corrected chi connectivity index (χ3v) is 8.62. The van der Waals surface area contributed by atoms with Gasteiger partial charge in [-0.15, -0.1) is 0 Å². The zero-order valence-electron chi connectivity index (χ0n) is 19.7. The summed E-state index contributed by atoms with van der Waals surface area (Å²) in [5, 5.41) is 30.3. The summed E-state index contributed by atoms with van der Waals surface area (Å²) in [5.74, 6) is 1.89. The summed E-state index contributed by atoms with van der Waals surface area (Å²) < 4.78 is 0. The molecule has 2 unspecified atom stereocenters. The normalized spacial score (nSPS) is 37.4. The molecule has 3 N–H and O–H groups in total. The minimum absolute atomic E-state index is 0.215. The lowest BCUT2D eigenvalue weighted by atomic mass is 9.60. The van der Waals surface area contributed by atoms with Crippen LogP contribution in [0.3, 0.4) is 0 Å². The number of fused-ring (bicyclic) bond motifs is 1. The van der Waals surface area contributed by atoms with Crippen molar-refractivity contribution < 1.29 is 15.3 Å². The van der Waals surface area contributed by atoms with Gasteiger partial charge in [0.25, 0.3) is 0 Å². The first-order valence-electron chi connectivity index (χ1n) is 12.2. The van der Waals surface area contributed by atoms with Gasteiger partial charge in [0.15, 0.2) is 0 Å². The highest BCUT2D eigenvalue weighted by Gasteiger charge is 2.50. The number of hydrogen-bond donors (Lipinski definition) is 3. The van der Waals surface area contributed by atoms with Gasteiger partial charge in [-0.05, 0) is 107 Å². The van der Waals surface area contributed by atoms with E-state index in [1.165, 1.54) is 43.3 Å². The smallest absolute Gasteiger partial charge is 0.0849 e. The lowest BCUT2D eigenvalue weighted by Crippen LogP contribution is -2.38. The summed E-state index contributed by atoms with van der Waals surface area (Å²) in [6.07, 6.45) is 14.1. The van der Waals surface area contributed by atoms with E-state index in [9.17, 15) is 15.3 Å². The van der Waals surface area contributed by atoms with Gasteiger partial charge < -0.3 is 15.3 Å². The summed E-state index contributed by atoms with van der Waals surface area (Å²) in [4.78, 5) is 0. The molecule has 0 spiro atoms. The molecule has 0 aliphatic heterocycles. The predicted molar refractivity (Wildman–Crippen MR) is 124 cm³/mol. The molecular weight excluding hydrogens is 372 g/mol. The third kappa shape index (κ3) is 5.11. The molecule has 0 saturated heterocycles. The first-order chi connectivity index (χ1) is 14.0. The summed E-state index contributed by atoms with van der Waals surface area (Å²) in [7, 11) is 0. The molecule has 0 amide bonds. The number of allylic oxidation sites excluding steroid dienone is 4. The Balaban J connectivity index is 1.69. The van der Waals surface area contributed by atoms with Crippen molar-refractivity contribution in [3.63, 3.8) is 0 Å². The van der Waals surface area contributed by atoms with Crippen LogP contribution in [-0.4, -0.2) is 33.1 Å². The lowest BCUT2D eigenvalue weighted by molar-refractivity contribution is -0.0554. The van der Waals surface area contributed by atoms with E-state index < -0.39 is 11.7 Å². The highest BCUT2D eigenvalue weighted by atomic mass is 16.3. The minimum Gasteiger partial charge on any atom is -0.393 e. The maximum absolute atomic E-state index is 10.3. The van der Waals surface area contributed by atoms with Crippen LogP contribution >= 0.6 is 0 Å². The molecule has 170 valence electrons. The van der Waals surface area contributed by atoms with Crippen LogP contribution in [0.25, 0.3) is 0 Å². The van der Waals surface area contributed by atoms with Crippen molar-refractivity contribution in [1.29, 1.82) is 0 Å². The molecular formula is C27H44O3. The Hall–Kier alpha value is -0.900. The van der Waals surface area contributed by atoms with E-state index in [-0.39, 0.29) is 6.10 Å². The summed E-state index contributed by atoms with van der Waals surface area (Å²) in [6, 6.07) is 0. The van der Waals surface area contributed by atoms with Crippen molar-refractivity contribution in [3.05, 3.63) is 35.5 Å². The minimum atomic E-state index is -1.02. The van der Waals surface area contributed by atoms with Gasteiger partial charge in [-0.2, -0.15) is 0 Å². The highest BCUT2D eigenvalue weighted by molar-refractivity contribution is 5.36. The second kappa shape index (κ2) is 9.30. The maximum atomic E-state index is 10.3. The molecule has 0 aromatic carbocycles. The van der Waals surface area contributed by atoms with Crippen molar-refractivity contribution in [2.45, 2.75) is 110 Å². The molecule has 0 heterocycles. The van der Waals surface area contributed by atoms with Crippen LogP contribution in [-0.2, 0) is 0 Å². The van der Waals surface area contributed by atoms with Gasteiger partial charge in [0.05, 0.1) is 17.8 Å². The van der Waals surface area contributed by atoms with Gasteiger partial charge >= 0.3 is 0 Å². The number of aliphatic hydroxyl groups is 3. The zero-order valence-corrected chi connectivity index (χ0v) is 19.7. The Kier molecular flexibility index (Phi) is 7.37. The summed E-state index contributed by atoms with van der Waals surface area (Å²) in [5.41, 5.74) is 3.34. The molecule has 3 fully saturated rings. The number of rotatable bonds is 6.